The fourth-order valence-corrected chi connectivity index (χ4v) is 4.64. The molecule has 0 unspecified atom stereocenters. The van der Waals surface area contributed by atoms with Crippen LogP contribution in [0.4, 0.5) is 5.69 Å². The van der Waals surface area contributed by atoms with Crippen LogP contribution in [0, 0.1) is 0 Å². The predicted octanol–water partition coefficient (Wildman–Crippen LogP) is 5.70. The van der Waals surface area contributed by atoms with Gasteiger partial charge in [0.2, 0.25) is 0 Å². The highest BCUT2D eigenvalue weighted by Crippen LogP contribution is 2.27. The molecule has 0 bridgehead atoms. The molecule has 0 saturated heterocycles. The third-order valence-corrected chi connectivity index (χ3v) is 6.68. The lowest BCUT2D eigenvalue weighted by molar-refractivity contribution is -0.113. The maximum atomic E-state index is 13.5. The number of unbranched alkanes of at least 4 members (excludes halogenated alkanes) is 1. The number of sulfonamides is 1. The monoisotopic (exact) mass is 479 g/mol. The number of carbonyl (C=O) groups excluding carboxylic acids is 1. The molecule has 0 saturated carbocycles. The zero-order valence-electron chi connectivity index (χ0n) is 19.4. The molecule has 3 rings (SSSR count). The maximum Gasteiger partial charge on any atom is 0.271 e. The maximum absolute atomic E-state index is 13.5. The summed E-state index contributed by atoms with van der Waals surface area (Å²) in [6.45, 7) is 4.98. The molecule has 34 heavy (non-hydrogen) atoms. The minimum Gasteiger partial charge on any atom is -0.494 e. The summed E-state index contributed by atoms with van der Waals surface area (Å²) >= 11 is 0. The smallest absolute Gasteiger partial charge is 0.271 e. The molecule has 0 N–H and O–H groups in total. The Balaban J connectivity index is 1.96. The first-order chi connectivity index (χ1) is 16.5. The molecule has 0 spiro atoms. The van der Waals surface area contributed by atoms with Crippen molar-refractivity contribution < 1.29 is 22.7 Å². The number of ether oxygens (including phenoxy) is 2. The standard InChI is InChI=1S/C27H29NO5S/c1-3-5-21-33-26-14-10-9-11-22(26)15-20-27(29)28(23-16-18-24(19-17-23)32-4-2)34(30,31)25-12-7-6-8-13-25/h6-20H,3-5,21H2,1-2H3/b20-15+. The van der Waals surface area contributed by atoms with E-state index in [-0.39, 0.29) is 10.6 Å². The minimum atomic E-state index is -4.15. The summed E-state index contributed by atoms with van der Waals surface area (Å²) in [5.41, 5.74) is 0.908. The second kappa shape index (κ2) is 12.0. The van der Waals surface area contributed by atoms with Gasteiger partial charge in [-0.25, -0.2) is 8.42 Å². The lowest BCUT2D eigenvalue weighted by Crippen LogP contribution is -2.35. The quantitative estimate of drug-likeness (QED) is 0.261. The number of benzene rings is 3. The van der Waals surface area contributed by atoms with E-state index in [0.717, 1.165) is 17.1 Å². The fraction of sp³-hybridized carbons (Fsp3) is 0.222. The molecular weight excluding hydrogens is 450 g/mol. The van der Waals surface area contributed by atoms with Crippen molar-refractivity contribution in [1.82, 2.24) is 0 Å². The van der Waals surface area contributed by atoms with Gasteiger partial charge in [0.05, 0.1) is 23.8 Å². The van der Waals surface area contributed by atoms with E-state index in [0.29, 0.717) is 30.3 Å². The molecule has 178 valence electrons. The van der Waals surface area contributed by atoms with Crippen LogP contribution in [0.15, 0.2) is 89.8 Å². The Labute approximate surface area is 201 Å². The Morgan fingerprint density at radius 2 is 1.56 bits per heavy atom. The van der Waals surface area contributed by atoms with Crippen LogP contribution in [0.25, 0.3) is 6.08 Å². The first-order valence-corrected chi connectivity index (χ1v) is 12.7. The van der Waals surface area contributed by atoms with Crippen molar-refractivity contribution >= 4 is 27.7 Å². The first kappa shape index (κ1) is 25.1. The second-order valence-corrected chi connectivity index (χ2v) is 9.21. The van der Waals surface area contributed by atoms with Gasteiger partial charge in [-0.3, -0.25) is 4.79 Å². The van der Waals surface area contributed by atoms with Crippen LogP contribution in [-0.2, 0) is 14.8 Å². The molecule has 7 heteroatoms. The van der Waals surface area contributed by atoms with E-state index < -0.39 is 15.9 Å². The number of para-hydroxylation sites is 1. The van der Waals surface area contributed by atoms with Crippen LogP contribution in [0.2, 0.25) is 0 Å². The molecule has 0 radical (unpaired) electrons. The third-order valence-electron chi connectivity index (χ3n) is 4.94. The van der Waals surface area contributed by atoms with Gasteiger partial charge >= 0.3 is 0 Å². The molecule has 3 aromatic rings. The highest BCUT2D eigenvalue weighted by Gasteiger charge is 2.29. The number of amides is 1. The predicted molar refractivity (Wildman–Crippen MR) is 135 cm³/mol. The van der Waals surface area contributed by atoms with Gasteiger partial charge in [-0.2, -0.15) is 4.31 Å². The SMILES string of the molecule is CCCCOc1ccccc1/C=C/C(=O)N(c1ccc(OCC)cc1)S(=O)(=O)c1ccccc1. The molecule has 3 aromatic carbocycles. The van der Waals surface area contributed by atoms with Crippen molar-refractivity contribution in [3.8, 4) is 11.5 Å². The summed E-state index contributed by atoms with van der Waals surface area (Å²) in [6, 6.07) is 21.6. The number of nitrogens with zero attached hydrogens (tertiary/aromatic N) is 1. The van der Waals surface area contributed by atoms with E-state index in [9.17, 15) is 13.2 Å². The Hall–Kier alpha value is -3.58. The van der Waals surface area contributed by atoms with Crippen LogP contribution >= 0.6 is 0 Å². The lowest BCUT2D eigenvalue weighted by atomic mass is 10.2. The summed E-state index contributed by atoms with van der Waals surface area (Å²) in [7, 11) is -4.15. The molecular formula is C27H29NO5S. The van der Waals surface area contributed by atoms with Crippen LogP contribution in [0.3, 0.4) is 0 Å². The van der Waals surface area contributed by atoms with E-state index in [4.69, 9.17) is 9.47 Å². The topological polar surface area (TPSA) is 72.9 Å². The molecule has 0 aromatic heterocycles. The molecule has 0 atom stereocenters. The Morgan fingerprint density at radius 1 is 0.882 bits per heavy atom. The average Bonchev–Trinajstić information content (AvgIpc) is 2.85. The van der Waals surface area contributed by atoms with E-state index in [2.05, 4.69) is 6.92 Å². The second-order valence-electron chi connectivity index (χ2n) is 7.42. The van der Waals surface area contributed by atoms with Gasteiger partial charge in [0.25, 0.3) is 15.9 Å². The molecule has 1 amide bonds. The normalized spacial score (nSPS) is 11.4. The highest BCUT2D eigenvalue weighted by atomic mass is 32.2. The molecule has 6 nitrogen and oxygen atoms in total. The van der Waals surface area contributed by atoms with Crippen LogP contribution in [-0.4, -0.2) is 27.5 Å². The summed E-state index contributed by atoms with van der Waals surface area (Å²) in [6.07, 6.45) is 4.74. The number of hydrogen-bond donors (Lipinski definition) is 0. The van der Waals surface area contributed by atoms with Crippen LogP contribution in [0.5, 0.6) is 11.5 Å². The lowest BCUT2D eigenvalue weighted by Gasteiger charge is -2.21. The zero-order chi connectivity index (χ0) is 24.4. The van der Waals surface area contributed by atoms with Crippen molar-refractivity contribution in [1.29, 1.82) is 0 Å². The van der Waals surface area contributed by atoms with Crippen molar-refractivity contribution in [2.24, 2.45) is 0 Å². The van der Waals surface area contributed by atoms with Gasteiger partial charge in [-0.15, -0.1) is 0 Å². The molecule has 0 fully saturated rings. The van der Waals surface area contributed by atoms with Crippen LogP contribution in [0.1, 0.15) is 32.3 Å². The van der Waals surface area contributed by atoms with Gasteiger partial charge in [0, 0.05) is 11.6 Å². The summed E-state index contributed by atoms with van der Waals surface area (Å²) in [5.74, 6) is 0.527. The summed E-state index contributed by atoms with van der Waals surface area (Å²) in [4.78, 5) is 13.3. The third kappa shape index (κ3) is 6.26. The number of rotatable bonds is 11. The highest BCUT2D eigenvalue weighted by molar-refractivity contribution is 7.93. The molecule has 0 heterocycles. The largest absolute Gasteiger partial charge is 0.494 e. The Kier molecular flexibility index (Phi) is 8.87. The Morgan fingerprint density at radius 3 is 2.24 bits per heavy atom. The van der Waals surface area contributed by atoms with E-state index in [1.54, 1.807) is 48.5 Å². The van der Waals surface area contributed by atoms with E-state index in [1.807, 2.05) is 31.2 Å². The van der Waals surface area contributed by atoms with Gasteiger partial charge < -0.3 is 9.47 Å². The van der Waals surface area contributed by atoms with E-state index >= 15 is 0 Å². The van der Waals surface area contributed by atoms with Crippen molar-refractivity contribution in [2.75, 3.05) is 17.5 Å². The number of carbonyl (C=O) groups is 1. The van der Waals surface area contributed by atoms with Crippen molar-refractivity contribution in [3.63, 3.8) is 0 Å². The van der Waals surface area contributed by atoms with Gasteiger partial charge in [-0.1, -0.05) is 49.7 Å². The van der Waals surface area contributed by atoms with Crippen molar-refractivity contribution in [2.45, 2.75) is 31.6 Å². The molecule has 0 aliphatic rings. The van der Waals surface area contributed by atoms with Gasteiger partial charge in [-0.05, 0) is 61.9 Å². The molecule has 0 aliphatic carbocycles. The van der Waals surface area contributed by atoms with Crippen molar-refractivity contribution in [3.05, 3.63) is 90.5 Å². The van der Waals surface area contributed by atoms with Gasteiger partial charge in [0.1, 0.15) is 11.5 Å². The van der Waals surface area contributed by atoms with E-state index in [1.165, 1.54) is 18.2 Å². The molecule has 0 aliphatic heterocycles. The fourth-order valence-electron chi connectivity index (χ4n) is 3.23. The summed E-state index contributed by atoms with van der Waals surface area (Å²) in [5, 5.41) is 0. The van der Waals surface area contributed by atoms with Crippen LogP contribution < -0.4 is 13.8 Å². The minimum absolute atomic E-state index is 0.0222. The number of hydrogen-bond acceptors (Lipinski definition) is 5. The number of anilines is 1. The zero-order valence-corrected chi connectivity index (χ0v) is 20.2. The summed E-state index contributed by atoms with van der Waals surface area (Å²) < 4.78 is 39.0. The van der Waals surface area contributed by atoms with Gasteiger partial charge in [0.15, 0.2) is 0 Å². The average molecular weight is 480 g/mol. The first-order valence-electron chi connectivity index (χ1n) is 11.2. The Bertz CT molecular complexity index is 1210.